The quantitative estimate of drug-likeness (QED) is 0.465. The smallest absolute Gasteiger partial charge is 0.308 e. The maximum Gasteiger partial charge on any atom is 0.308 e. The SMILES string of the molecule is CCC(C)C(=O)OCc1ccc(NC=O)cc1C(=O)NCCN. The van der Waals surface area contributed by atoms with Crippen molar-refractivity contribution in [1.82, 2.24) is 5.32 Å². The molecule has 2 amide bonds. The Kier molecular flexibility index (Phi) is 7.76. The van der Waals surface area contributed by atoms with E-state index >= 15 is 0 Å². The lowest BCUT2D eigenvalue weighted by Crippen LogP contribution is -2.30. The molecular formula is C16H23N3O4. The monoisotopic (exact) mass is 321 g/mol. The Hall–Kier alpha value is -2.41. The van der Waals surface area contributed by atoms with Gasteiger partial charge in [-0.05, 0) is 18.6 Å². The molecule has 1 aromatic rings. The van der Waals surface area contributed by atoms with Crippen LogP contribution in [0.5, 0.6) is 0 Å². The molecule has 0 radical (unpaired) electrons. The number of hydrogen-bond donors (Lipinski definition) is 3. The molecule has 7 nitrogen and oxygen atoms in total. The molecule has 1 atom stereocenters. The number of nitrogens with one attached hydrogen (secondary N) is 2. The first-order chi connectivity index (χ1) is 11.0. The van der Waals surface area contributed by atoms with E-state index in [1.165, 1.54) is 6.07 Å². The van der Waals surface area contributed by atoms with E-state index < -0.39 is 0 Å². The summed E-state index contributed by atoms with van der Waals surface area (Å²) in [4.78, 5) is 34.5. The van der Waals surface area contributed by atoms with Crippen LogP contribution >= 0.6 is 0 Å². The molecule has 0 spiro atoms. The zero-order valence-electron chi connectivity index (χ0n) is 13.4. The molecule has 7 heteroatoms. The standard InChI is InChI=1S/C16H23N3O4/c1-3-11(2)16(22)23-9-12-4-5-13(19-10-20)8-14(12)15(21)18-7-6-17/h4-5,8,10-11H,3,6-7,9,17H2,1-2H3,(H,18,21)(H,19,20). The maximum absolute atomic E-state index is 12.2. The minimum Gasteiger partial charge on any atom is -0.461 e. The van der Waals surface area contributed by atoms with Crippen molar-refractivity contribution in [1.29, 1.82) is 0 Å². The van der Waals surface area contributed by atoms with Crippen molar-refractivity contribution in [3.8, 4) is 0 Å². The largest absolute Gasteiger partial charge is 0.461 e. The summed E-state index contributed by atoms with van der Waals surface area (Å²) in [5.74, 6) is -0.837. The summed E-state index contributed by atoms with van der Waals surface area (Å²) in [6, 6.07) is 4.82. The average molecular weight is 321 g/mol. The Labute approximate surface area is 135 Å². The van der Waals surface area contributed by atoms with Crippen molar-refractivity contribution in [2.24, 2.45) is 11.7 Å². The third-order valence-electron chi connectivity index (χ3n) is 3.39. The maximum atomic E-state index is 12.2. The average Bonchev–Trinajstić information content (AvgIpc) is 2.57. The van der Waals surface area contributed by atoms with Crippen LogP contribution in [0, 0.1) is 5.92 Å². The zero-order valence-corrected chi connectivity index (χ0v) is 13.4. The Morgan fingerprint density at radius 1 is 1.39 bits per heavy atom. The fraction of sp³-hybridized carbons (Fsp3) is 0.438. The van der Waals surface area contributed by atoms with Gasteiger partial charge in [0.2, 0.25) is 6.41 Å². The molecule has 0 aliphatic carbocycles. The van der Waals surface area contributed by atoms with Crippen LogP contribution in [0.4, 0.5) is 5.69 Å². The first-order valence-electron chi connectivity index (χ1n) is 7.51. The minimum atomic E-state index is -0.334. The number of carbonyl (C=O) groups is 3. The number of nitrogens with two attached hydrogens (primary N) is 1. The van der Waals surface area contributed by atoms with Gasteiger partial charge >= 0.3 is 5.97 Å². The Morgan fingerprint density at radius 2 is 2.13 bits per heavy atom. The number of rotatable bonds is 9. The van der Waals surface area contributed by atoms with Gasteiger partial charge in [-0.3, -0.25) is 14.4 Å². The van der Waals surface area contributed by atoms with Gasteiger partial charge in [-0.2, -0.15) is 0 Å². The summed E-state index contributed by atoms with van der Waals surface area (Å²) in [5, 5.41) is 5.14. The second kappa shape index (κ2) is 9.58. The lowest BCUT2D eigenvalue weighted by Gasteiger charge is -2.13. The summed E-state index contributed by atoms with van der Waals surface area (Å²) >= 11 is 0. The molecule has 0 aliphatic heterocycles. The highest BCUT2D eigenvalue weighted by molar-refractivity contribution is 5.97. The van der Waals surface area contributed by atoms with Gasteiger partial charge in [0, 0.05) is 29.9 Å². The molecule has 4 N–H and O–H groups in total. The molecule has 1 unspecified atom stereocenters. The van der Waals surface area contributed by atoms with Crippen LogP contribution in [0.15, 0.2) is 18.2 Å². The Balaban J connectivity index is 2.93. The third kappa shape index (κ3) is 5.71. The summed E-state index contributed by atoms with van der Waals surface area (Å²) in [5.41, 5.74) is 6.75. The van der Waals surface area contributed by atoms with Gasteiger partial charge in [-0.15, -0.1) is 0 Å². The highest BCUT2D eigenvalue weighted by Gasteiger charge is 2.16. The van der Waals surface area contributed by atoms with E-state index in [0.717, 1.165) is 0 Å². The zero-order chi connectivity index (χ0) is 17.2. The van der Waals surface area contributed by atoms with E-state index in [1.54, 1.807) is 19.1 Å². The van der Waals surface area contributed by atoms with E-state index in [1.807, 2.05) is 6.92 Å². The van der Waals surface area contributed by atoms with Crippen molar-refractivity contribution in [2.45, 2.75) is 26.9 Å². The molecule has 0 aliphatic rings. The van der Waals surface area contributed by atoms with Gasteiger partial charge in [-0.1, -0.05) is 19.9 Å². The predicted octanol–water partition coefficient (Wildman–Crippen LogP) is 1.03. The van der Waals surface area contributed by atoms with Crippen LogP contribution < -0.4 is 16.4 Å². The summed E-state index contributed by atoms with van der Waals surface area (Å²) in [7, 11) is 0. The number of anilines is 1. The number of esters is 1. The van der Waals surface area contributed by atoms with Crippen molar-refractivity contribution in [3.05, 3.63) is 29.3 Å². The van der Waals surface area contributed by atoms with Crippen molar-refractivity contribution in [3.63, 3.8) is 0 Å². The molecule has 126 valence electrons. The lowest BCUT2D eigenvalue weighted by atomic mass is 10.1. The van der Waals surface area contributed by atoms with E-state index in [2.05, 4.69) is 10.6 Å². The number of amides is 2. The highest BCUT2D eigenvalue weighted by Crippen LogP contribution is 2.18. The van der Waals surface area contributed by atoms with Crippen LogP contribution in [0.3, 0.4) is 0 Å². The highest BCUT2D eigenvalue weighted by atomic mass is 16.5. The molecule has 23 heavy (non-hydrogen) atoms. The number of hydrogen-bond acceptors (Lipinski definition) is 5. The summed E-state index contributed by atoms with van der Waals surface area (Å²) in [6.45, 7) is 4.33. The summed E-state index contributed by atoms with van der Waals surface area (Å²) < 4.78 is 5.24. The fourth-order valence-corrected chi connectivity index (χ4v) is 1.81. The van der Waals surface area contributed by atoms with E-state index in [0.29, 0.717) is 42.7 Å². The molecule has 1 rings (SSSR count). The van der Waals surface area contributed by atoms with Gasteiger partial charge in [0.25, 0.3) is 5.91 Å². The van der Waals surface area contributed by atoms with Gasteiger partial charge in [0.05, 0.1) is 5.92 Å². The van der Waals surface area contributed by atoms with E-state index in [-0.39, 0.29) is 24.4 Å². The second-order valence-electron chi connectivity index (χ2n) is 5.10. The van der Waals surface area contributed by atoms with Crippen LogP contribution in [-0.4, -0.2) is 31.4 Å². The molecule has 0 saturated carbocycles. The second-order valence-corrected chi connectivity index (χ2v) is 5.10. The normalized spacial score (nSPS) is 11.4. The molecule has 0 saturated heterocycles. The van der Waals surface area contributed by atoms with E-state index in [4.69, 9.17) is 10.5 Å². The van der Waals surface area contributed by atoms with Gasteiger partial charge < -0.3 is 21.1 Å². The molecular weight excluding hydrogens is 298 g/mol. The predicted molar refractivity (Wildman–Crippen MR) is 86.8 cm³/mol. The van der Waals surface area contributed by atoms with E-state index in [9.17, 15) is 14.4 Å². The van der Waals surface area contributed by atoms with Crippen LogP contribution in [0.2, 0.25) is 0 Å². The van der Waals surface area contributed by atoms with Gasteiger partial charge in [-0.25, -0.2) is 0 Å². The summed E-state index contributed by atoms with van der Waals surface area (Å²) in [6.07, 6.45) is 1.21. The van der Waals surface area contributed by atoms with Crippen molar-refractivity contribution in [2.75, 3.05) is 18.4 Å². The van der Waals surface area contributed by atoms with Crippen LogP contribution in [0.25, 0.3) is 0 Å². The van der Waals surface area contributed by atoms with Gasteiger partial charge in [0.1, 0.15) is 6.61 Å². The molecule has 0 heterocycles. The number of ether oxygens (including phenoxy) is 1. The first kappa shape index (κ1) is 18.6. The van der Waals surface area contributed by atoms with Crippen molar-refractivity contribution >= 4 is 24.0 Å². The Morgan fingerprint density at radius 3 is 2.74 bits per heavy atom. The molecule has 0 aromatic heterocycles. The molecule has 0 bridgehead atoms. The lowest BCUT2D eigenvalue weighted by molar-refractivity contribution is -0.149. The number of carbonyl (C=O) groups excluding carboxylic acids is 3. The van der Waals surface area contributed by atoms with Crippen LogP contribution in [-0.2, 0) is 20.9 Å². The molecule has 1 aromatic carbocycles. The first-order valence-corrected chi connectivity index (χ1v) is 7.51. The molecule has 0 fully saturated rings. The Bertz CT molecular complexity index is 560. The fourth-order valence-electron chi connectivity index (χ4n) is 1.81. The third-order valence-corrected chi connectivity index (χ3v) is 3.39. The van der Waals surface area contributed by atoms with Crippen molar-refractivity contribution < 1.29 is 19.1 Å². The van der Waals surface area contributed by atoms with Crippen LogP contribution in [0.1, 0.15) is 36.2 Å². The minimum absolute atomic E-state index is 0.00405. The van der Waals surface area contributed by atoms with Gasteiger partial charge in [0.15, 0.2) is 0 Å². The topological polar surface area (TPSA) is 111 Å². The number of benzene rings is 1.